The SMILES string of the molecule is CC(C)CCCC(C)(C)NC(=O)c1cn(C)cc1C(F)(F)F. The summed E-state index contributed by atoms with van der Waals surface area (Å²) in [5, 5.41) is 2.72. The Labute approximate surface area is 129 Å². The van der Waals surface area contributed by atoms with Crippen molar-refractivity contribution in [1.82, 2.24) is 9.88 Å². The van der Waals surface area contributed by atoms with Crippen LogP contribution in [-0.4, -0.2) is 16.0 Å². The second-order valence-corrected chi connectivity index (χ2v) is 6.87. The maximum absolute atomic E-state index is 13.0. The molecule has 3 nitrogen and oxygen atoms in total. The van der Waals surface area contributed by atoms with Gasteiger partial charge in [0.2, 0.25) is 0 Å². The smallest absolute Gasteiger partial charge is 0.356 e. The van der Waals surface area contributed by atoms with E-state index in [0.717, 1.165) is 25.5 Å². The zero-order valence-corrected chi connectivity index (χ0v) is 13.8. The third kappa shape index (κ3) is 5.39. The van der Waals surface area contributed by atoms with E-state index in [0.29, 0.717) is 5.92 Å². The molecule has 0 aliphatic heterocycles. The normalized spacial score (nSPS) is 12.8. The highest BCUT2D eigenvalue weighted by Crippen LogP contribution is 2.32. The quantitative estimate of drug-likeness (QED) is 0.830. The number of carbonyl (C=O) groups excluding carboxylic acids is 1. The lowest BCUT2D eigenvalue weighted by Gasteiger charge is -2.27. The maximum Gasteiger partial charge on any atom is 0.418 e. The molecule has 1 amide bonds. The molecule has 0 saturated heterocycles. The first-order valence-electron chi connectivity index (χ1n) is 7.48. The minimum absolute atomic E-state index is 0.327. The van der Waals surface area contributed by atoms with Crippen LogP contribution in [0.3, 0.4) is 0 Å². The van der Waals surface area contributed by atoms with Gasteiger partial charge in [-0.1, -0.05) is 26.7 Å². The highest BCUT2D eigenvalue weighted by Gasteiger charge is 2.37. The third-order valence-corrected chi connectivity index (χ3v) is 3.54. The van der Waals surface area contributed by atoms with Crippen LogP contribution in [0.2, 0.25) is 0 Å². The summed E-state index contributed by atoms with van der Waals surface area (Å²) in [6, 6.07) is 0. The van der Waals surface area contributed by atoms with Gasteiger partial charge in [0.25, 0.3) is 5.91 Å². The number of alkyl halides is 3. The monoisotopic (exact) mass is 318 g/mol. The molecule has 0 spiro atoms. The van der Waals surface area contributed by atoms with Crippen molar-refractivity contribution in [2.24, 2.45) is 13.0 Å². The van der Waals surface area contributed by atoms with Gasteiger partial charge in [-0.2, -0.15) is 13.2 Å². The first-order chi connectivity index (χ1) is 9.92. The van der Waals surface area contributed by atoms with Gasteiger partial charge in [-0.3, -0.25) is 4.79 Å². The number of hydrogen-bond donors (Lipinski definition) is 1. The van der Waals surface area contributed by atoms with Crippen LogP contribution >= 0.6 is 0 Å². The van der Waals surface area contributed by atoms with Gasteiger partial charge in [-0.05, 0) is 26.2 Å². The summed E-state index contributed by atoms with van der Waals surface area (Å²) < 4.78 is 40.1. The maximum atomic E-state index is 13.0. The number of hydrogen-bond acceptors (Lipinski definition) is 1. The topological polar surface area (TPSA) is 34.0 Å². The summed E-state index contributed by atoms with van der Waals surface area (Å²) in [6.45, 7) is 7.90. The van der Waals surface area contributed by atoms with Crippen molar-refractivity contribution in [1.29, 1.82) is 0 Å². The Morgan fingerprint density at radius 1 is 1.27 bits per heavy atom. The lowest BCUT2D eigenvalue weighted by molar-refractivity contribution is -0.137. The molecular weight excluding hydrogens is 293 g/mol. The molecule has 1 rings (SSSR count). The number of aryl methyl sites for hydroxylation is 1. The summed E-state index contributed by atoms with van der Waals surface area (Å²) in [4.78, 5) is 12.2. The minimum Gasteiger partial charge on any atom is -0.356 e. The van der Waals surface area contributed by atoms with Gasteiger partial charge in [-0.25, -0.2) is 0 Å². The van der Waals surface area contributed by atoms with E-state index in [1.807, 2.05) is 13.8 Å². The van der Waals surface area contributed by atoms with Gasteiger partial charge < -0.3 is 9.88 Å². The molecule has 1 heterocycles. The highest BCUT2D eigenvalue weighted by molar-refractivity contribution is 5.96. The number of nitrogens with one attached hydrogen (secondary N) is 1. The molecule has 0 atom stereocenters. The van der Waals surface area contributed by atoms with Crippen molar-refractivity contribution >= 4 is 5.91 Å². The Morgan fingerprint density at radius 3 is 2.36 bits per heavy atom. The van der Waals surface area contributed by atoms with Gasteiger partial charge in [0.05, 0.1) is 11.1 Å². The van der Waals surface area contributed by atoms with Crippen LogP contribution in [0.4, 0.5) is 13.2 Å². The molecule has 0 fully saturated rings. The van der Waals surface area contributed by atoms with Gasteiger partial charge in [-0.15, -0.1) is 0 Å². The van der Waals surface area contributed by atoms with Crippen molar-refractivity contribution in [2.75, 3.05) is 0 Å². The Kier molecular flexibility index (Phi) is 5.70. The van der Waals surface area contributed by atoms with Crippen LogP contribution in [0, 0.1) is 5.92 Å². The molecule has 0 aliphatic carbocycles. The first kappa shape index (κ1) is 18.6. The minimum atomic E-state index is -4.53. The van der Waals surface area contributed by atoms with Crippen LogP contribution < -0.4 is 5.32 Å². The Morgan fingerprint density at radius 2 is 1.86 bits per heavy atom. The summed E-state index contributed by atoms with van der Waals surface area (Å²) in [7, 11) is 1.47. The van der Waals surface area contributed by atoms with Crippen LogP contribution in [0.15, 0.2) is 12.4 Å². The standard InChI is InChI=1S/C16H25F3N2O/c1-11(2)7-6-8-15(3,4)20-14(22)12-9-21(5)10-13(12)16(17,18)19/h9-11H,6-8H2,1-5H3,(H,20,22). The fraction of sp³-hybridized carbons (Fsp3) is 0.688. The summed E-state index contributed by atoms with van der Waals surface area (Å²) in [6.07, 6.45) is 0.286. The number of halogens is 3. The number of aromatic nitrogens is 1. The van der Waals surface area contributed by atoms with E-state index < -0.39 is 23.2 Å². The first-order valence-corrected chi connectivity index (χ1v) is 7.48. The van der Waals surface area contributed by atoms with E-state index in [9.17, 15) is 18.0 Å². The van der Waals surface area contributed by atoms with E-state index in [1.54, 1.807) is 0 Å². The zero-order chi connectivity index (χ0) is 17.1. The molecule has 1 N–H and O–H groups in total. The second-order valence-electron chi connectivity index (χ2n) is 6.87. The van der Waals surface area contributed by atoms with Crippen molar-refractivity contribution in [3.05, 3.63) is 23.5 Å². The lowest BCUT2D eigenvalue weighted by Crippen LogP contribution is -2.43. The number of nitrogens with zero attached hydrogens (tertiary/aromatic N) is 1. The molecule has 0 bridgehead atoms. The molecular formula is C16H25F3N2O. The van der Waals surface area contributed by atoms with Gasteiger partial charge in [0.15, 0.2) is 0 Å². The molecule has 1 aromatic heterocycles. The Bertz CT molecular complexity index is 516. The second kappa shape index (κ2) is 6.75. The number of carbonyl (C=O) groups is 1. The van der Waals surface area contributed by atoms with Crippen molar-refractivity contribution < 1.29 is 18.0 Å². The average Bonchev–Trinajstić information content (AvgIpc) is 2.69. The van der Waals surface area contributed by atoms with Crippen LogP contribution in [0.25, 0.3) is 0 Å². The van der Waals surface area contributed by atoms with E-state index in [1.165, 1.54) is 17.8 Å². The number of rotatable bonds is 6. The van der Waals surface area contributed by atoms with E-state index in [2.05, 4.69) is 19.2 Å². The summed E-state index contributed by atoms with van der Waals surface area (Å²) >= 11 is 0. The molecule has 1 aromatic rings. The van der Waals surface area contributed by atoms with Crippen LogP contribution in [-0.2, 0) is 13.2 Å². The zero-order valence-electron chi connectivity index (χ0n) is 13.8. The van der Waals surface area contributed by atoms with Gasteiger partial charge >= 0.3 is 6.18 Å². The van der Waals surface area contributed by atoms with Crippen molar-refractivity contribution in [3.8, 4) is 0 Å². The van der Waals surface area contributed by atoms with E-state index >= 15 is 0 Å². The fourth-order valence-electron chi connectivity index (χ4n) is 2.38. The molecule has 22 heavy (non-hydrogen) atoms. The average molecular weight is 318 g/mol. The highest BCUT2D eigenvalue weighted by atomic mass is 19.4. The number of amides is 1. The Hall–Kier alpha value is -1.46. The van der Waals surface area contributed by atoms with Gasteiger partial charge in [0.1, 0.15) is 0 Å². The molecule has 0 unspecified atom stereocenters. The van der Waals surface area contributed by atoms with Crippen molar-refractivity contribution in [2.45, 2.75) is 58.7 Å². The molecule has 6 heteroatoms. The van der Waals surface area contributed by atoms with E-state index in [-0.39, 0.29) is 5.56 Å². The predicted octanol–water partition coefficient (Wildman–Crippen LogP) is 4.38. The molecule has 126 valence electrons. The summed E-state index contributed by atoms with van der Waals surface area (Å²) in [5.74, 6) is -0.111. The van der Waals surface area contributed by atoms with E-state index in [4.69, 9.17) is 0 Å². The Balaban J connectivity index is 2.80. The molecule has 0 aliphatic rings. The largest absolute Gasteiger partial charge is 0.418 e. The van der Waals surface area contributed by atoms with Gasteiger partial charge in [0, 0.05) is 25.0 Å². The van der Waals surface area contributed by atoms with Crippen LogP contribution in [0.1, 0.15) is 62.9 Å². The third-order valence-electron chi connectivity index (χ3n) is 3.54. The summed E-state index contributed by atoms with van der Waals surface area (Å²) in [5.41, 5.74) is -1.76. The molecule has 0 saturated carbocycles. The van der Waals surface area contributed by atoms with Crippen LogP contribution in [0.5, 0.6) is 0 Å². The predicted molar refractivity (Wildman–Crippen MR) is 80.6 cm³/mol. The van der Waals surface area contributed by atoms with Crippen molar-refractivity contribution in [3.63, 3.8) is 0 Å². The fourth-order valence-corrected chi connectivity index (χ4v) is 2.38. The molecule has 0 radical (unpaired) electrons. The molecule has 0 aromatic carbocycles. The lowest BCUT2D eigenvalue weighted by atomic mass is 9.94.